The third-order valence-electron chi connectivity index (χ3n) is 3.00. The smallest absolute Gasteiger partial charge is 0.163 e. The molecule has 2 rings (SSSR count). The standard InChI is InChI=1S/C12H19N5O/c1-8(2)10(6-18-4)16-11-9-5-15-17(3)12(9)14-7-13-11/h5,7-8,10H,6H2,1-4H3,(H,13,14,16). The number of hydrogen-bond donors (Lipinski definition) is 1. The van der Waals surface area contributed by atoms with E-state index in [4.69, 9.17) is 4.74 Å². The predicted molar refractivity (Wildman–Crippen MR) is 70.4 cm³/mol. The molecule has 1 N–H and O–H groups in total. The molecule has 0 saturated heterocycles. The van der Waals surface area contributed by atoms with Crippen LogP contribution in [0, 0.1) is 5.92 Å². The minimum atomic E-state index is 0.216. The third-order valence-corrected chi connectivity index (χ3v) is 3.00. The summed E-state index contributed by atoms with van der Waals surface area (Å²) < 4.78 is 6.97. The van der Waals surface area contributed by atoms with Gasteiger partial charge in [-0.3, -0.25) is 4.68 Å². The maximum absolute atomic E-state index is 5.23. The second kappa shape index (κ2) is 5.30. The Balaban J connectivity index is 2.30. The first-order chi connectivity index (χ1) is 8.63. The molecule has 0 aliphatic rings. The lowest BCUT2D eigenvalue weighted by molar-refractivity contribution is 0.171. The van der Waals surface area contributed by atoms with Crippen molar-refractivity contribution in [2.45, 2.75) is 19.9 Å². The first-order valence-corrected chi connectivity index (χ1v) is 6.01. The van der Waals surface area contributed by atoms with E-state index in [2.05, 4.69) is 34.2 Å². The fourth-order valence-corrected chi connectivity index (χ4v) is 1.83. The lowest BCUT2D eigenvalue weighted by Crippen LogP contribution is -2.30. The van der Waals surface area contributed by atoms with Crippen molar-refractivity contribution in [2.24, 2.45) is 13.0 Å². The molecule has 6 nitrogen and oxygen atoms in total. The number of methoxy groups -OCH3 is 1. The number of nitrogens with zero attached hydrogens (tertiary/aromatic N) is 4. The summed E-state index contributed by atoms with van der Waals surface area (Å²) in [6.45, 7) is 4.94. The molecular weight excluding hydrogens is 230 g/mol. The SMILES string of the molecule is COCC(Nc1ncnc2c1cnn2C)C(C)C. The van der Waals surface area contributed by atoms with Crippen molar-refractivity contribution in [3.63, 3.8) is 0 Å². The van der Waals surface area contributed by atoms with Crippen LogP contribution < -0.4 is 5.32 Å². The summed E-state index contributed by atoms with van der Waals surface area (Å²) in [5, 5.41) is 8.54. The number of nitrogens with one attached hydrogen (secondary N) is 1. The van der Waals surface area contributed by atoms with Crippen LogP contribution in [-0.2, 0) is 11.8 Å². The molecular formula is C12H19N5O. The second-order valence-electron chi connectivity index (χ2n) is 4.68. The zero-order chi connectivity index (χ0) is 13.1. The summed E-state index contributed by atoms with van der Waals surface area (Å²) in [7, 11) is 3.57. The Labute approximate surface area is 106 Å². The maximum atomic E-state index is 5.23. The highest BCUT2D eigenvalue weighted by atomic mass is 16.5. The summed E-state index contributed by atoms with van der Waals surface area (Å²) in [5.74, 6) is 1.26. The van der Waals surface area contributed by atoms with E-state index in [0.717, 1.165) is 16.9 Å². The summed E-state index contributed by atoms with van der Waals surface area (Å²) in [6, 6.07) is 0.216. The van der Waals surface area contributed by atoms with Gasteiger partial charge in [0.05, 0.1) is 24.2 Å². The van der Waals surface area contributed by atoms with Crippen molar-refractivity contribution >= 4 is 16.9 Å². The van der Waals surface area contributed by atoms with Crippen LogP contribution in [0.1, 0.15) is 13.8 Å². The fraction of sp³-hybridized carbons (Fsp3) is 0.583. The highest BCUT2D eigenvalue weighted by Gasteiger charge is 2.16. The van der Waals surface area contributed by atoms with Crippen molar-refractivity contribution < 1.29 is 4.74 Å². The minimum Gasteiger partial charge on any atom is -0.383 e. The largest absolute Gasteiger partial charge is 0.383 e. The average molecular weight is 249 g/mol. The molecule has 0 spiro atoms. The lowest BCUT2D eigenvalue weighted by Gasteiger charge is -2.22. The van der Waals surface area contributed by atoms with Gasteiger partial charge in [-0.15, -0.1) is 0 Å². The molecule has 1 atom stereocenters. The maximum Gasteiger partial charge on any atom is 0.163 e. The van der Waals surface area contributed by atoms with Gasteiger partial charge in [-0.05, 0) is 5.92 Å². The summed E-state index contributed by atoms with van der Waals surface area (Å²) in [4.78, 5) is 8.51. The lowest BCUT2D eigenvalue weighted by atomic mass is 10.1. The Hall–Kier alpha value is -1.69. The summed E-state index contributed by atoms with van der Waals surface area (Å²) in [6.07, 6.45) is 3.33. The number of anilines is 1. The first kappa shape index (κ1) is 12.8. The van der Waals surface area contributed by atoms with E-state index in [-0.39, 0.29) is 6.04 Å². The van der Waals surface area contributed by atoms with Gasteiger partial charge in [0.1, 0.15) is 12.1 Å². The van der Waals surface area contributed by atoms with Crippen LogP contribution in [-0.4, -0.2) is 39.5 Å². The Morgan fingerprint density at radius 1 is 1.39 bits per heavy atom. The van der Waals surface area contributed by atoms with Crippen LogP contribution in [0.25, 0.3) is 11.0 Å². The molecule has 18 heavy (non-hydrogen) atoms. The molecule has 0 aliphatic heterocycles. The molecule has 2 aromatic heterocycles. The summed E-state index contributed by atoms with van der Waals surface area (Å²) >= 11 is 0. The molecule has 1 unspecified atom stereocenters. The number of ether oxygens (including phenoxy) is 1. The van der Waals surface area contributed by atoms with E-state index >= 15 is 0 Å². The van der Waals surface area contributed by atoms with Crippen molar-refractivity contribution in [3.05, 3.63) is 12.5 Å². The normalized spacial score (nSPS) is 13.2. The highest BCUT2D eigenvalue weighted by Crippen LogP contribution is 2.20. The fourth-order valence-electron chi connectivity index (χ4n) is 1.83. The average Bonchev–Trinajstić information content (AvgIpc) is 2.72. The number of aromatic nitrogens is 4. The first-order valence-electron chi connectivity index (χ1n) is 6.01. The molecule has 98 valence electrons. The molecule has 2 aromatic rings. The number of rotatable bonds is 5. The second-order valence-corrected chi connectivity index (χ2v) is 4.68. The monoisotopic (exact) mass is 249 g/mol. The van der Waals surface area contributed by atoms with E-state index in [1.54, 1.807) is 24.3 Å². The van der Waals surface area contributed by atoms with Crippen molar-refractivity contribution in [3.8, 4) is 0 Å². The molecule has 0 fully saturated rings. The van der Waals surface area contributed by atoms with E-state index in [0.29, 0.717) is 12.5 Å². The number of hydrogen-bond acceptors (Lipinski definition) is 5. The Bertz CT molecular complexity index is 522. The quantitative estimate of drug-likeness (QED) is 0.868. The summed E-state index contributed by atoms with van der Waals surface area (Å²) in [5.41, 5.74) is 0.826. The van der Waals surface area contributed by atoms with Gasteiger partial charge in [0, 0.05) is 14.2 Å². The van der Waals surface area contributed by atoms with E-state index in [9.17, 15) is 0 Å². The van der Waals surface area contributed by atoms with Crippen LogP contribution in [0.5, 0.6) is 0 Å². The third kappa shape index (κ3) is 2.43. The van der Waals surface area contributed by atoms with Gasteiger partial charge in [0.25, 0.3) is 0 Å². The predicted octanol–water partition coefficient (Wildman–Crippen LogP) is 1.45. The van der Waals surface area contributed by atoms with E-state index in [1.807, 2.05) is 7.05 Å². The van der Waals surface area contributed by atoms with Crippen molar-refractivity contribution in [1.29, 1.82) is 0 Å². The van der Waals surface area contributed by atoms with Gasteiger partial charge in [-0.25, -0.2) is 9.97 Å². The van der Waals surface area contributed by atoms with Crippen LogP contribution in [0.2, 0.25) is 0 Å². The molecule has 2 heterocycles. The van der Waals surface area contributed by atoms with Gasteiger partial charge in [-0.2, -0.15) is 5.10 Å². The number of fused-ring (bicyclic) bond motifs is 1. The Morgan fingerprint density at radius 2 is 2.17 bits per heavy atom. The highest BCUT2D eigenvalue weighted by molar-refractivity contribution is 5.86. The van der Waals surface area contributed by atoms with E-state index < -0.39 is 0 Å². The van der Waals surface area contributed by atoms with Gasteiger partial charge in [-0.1, -0.05) is 13.8 Å². The molecule has 0 saturated carbocycles. The van der Waals surface area contributed by atoms with Crippen molar-refractivity contribution in [2.75, 3.05) is 19.0 Å². The molecule has 0 radical (unpaired) electrons. The molecule has 0 aromatic carbocycles. The molecule has 0 bridgehead atoms. The zero-order valence-corrected chi connectivity index (χ0v) is 11.2. The topological polar surface area (TPSA) is 64.9 Å². The van der Waals surface area contributed by atoms with Crippen molar-refractivity contribution in [1.82, 2.24) is 19.7 Å². The van der Waals surface area contributed by atoms with Crippen LogP contribution in [0.3, 0.4) is 0 Å². The van der Waals surface area contributed by atoms with Gasteiger partial charge >= 0.3 is 0 Å². The van der Waals surface area contributed by atoms with Gasteiger partial charge < -0.3 is 10.1 Å². The van der Waals surface area contributed by atoms with Crippen LogP contribution in [0.4, 0.5) is 5.82 Å². The molecule has 6 heteroatoms. The number of aryl methyl sites for hydroxylation is 1. The molecule has 0 amide bonds. The molecule has 0 aliphatic carbocycles. The van der Waals surface area contributed by atoms with E-state index in [1.165, 1.54) is 0 Å². The van der Waals surface area contributed by atoms with Gasteiger partial charge in [0.15, 0.2) is 5.65 Å². The zero-order valence-electron chi connectivity index (χ0n) is 11.2. The Morgan fingerprint density at radius 3 is 2.83 bits per heavy atom. The minimum absolute atomic E-state index is 0.216. The van der Waals surface area contributed by atoms with Crippen LogP contribution >= 0.6 is 0 Å². The van der Waals surface area contributed by atoms with Crippen LogP contribution in [0.15, 0.2) is 12.5 Å². The Kier molecular flexibility index (Phi) is 3.76. The van der Waals surface area contributed by atoms with Gasteiger partial charge in [0.2, 0.25) is 0 Å².